The molecule has 250 valence electrons. The number of hydrogen-bond donors (Lipinski definition) is 0. The van der Waals surface area contributed by atoms with Gasteiger partial charge in [0.1, 0.15) is 0 Å². The van der Waals surface area contributed by atoms with Crippen molar-refractivity contribution in [3.8, 4) is 22.3 Å². The molecule has 2 aromatic heterocycles. The largest absolute Gasteiger partial charge is 0.309 e. The van der Waals surface area contributed by atoms with Gasteiger partial charge >= 0.3 is 0 Å². The van der Waals surface area contributed by atoms with Crippen molar-refractivity contribution in [2.75, 3.05) is 4.90 Å². The highest BCUT2D eigenvalue weighted by atomic mass is 32.1. The van der Waals surface area contributed by atoms with E-state index in [2.05, 4.69) is 194 Å². The first-order chi connectivity index (χ1) is 26.1. The second-order valence-corrected chi connectivity index (χ2v) is 16.3. The SMILES string of the molecule is CC1(c2ccc3c(c2)sc2c(N(c4ccc(-c5ccccc5)cc4)c4ccc5c(c4)sc4ccccc45)cccc23)c2ccccc2-c2ccccc21. The van der Waals surface area contributed by atoms with Gasteiger partial charge in [-0.05, 0) is 88.3 Å². The fraction of sp³-hybridized carbons (Fsp3) is 0.0400. The molecule has 1 aliphatic rings. The molecule has 0 saturated heterocycles. The number of hydrogen-bond acceptors (Lipinski definition) is 3. The molecule has 0 aliphatic heterocycles. The molecule has 0 unspecified atom stereocenters. The Morgan fingerprint density at radius 3 is 1.79 bits per heavy atom. The predicted octanol–water partition coefficient (Wildman–Crippen LogP) is 14.9. The fourth-order valence-corrected chi connectivity index (χ4v) is 11.1. The Balaban J connectivity index is 1.10. The topological polar surface area (TPSA) is 3.24 Å². The van der Waals surface area contributed by atoms with Crippen LogP contribution in [0.4, 0.5) is 17.1 Å². The molecule has 8 aromatic carbocycles. The van der Waals surface area contributed by atoms with Gasteiger partial charge in [0.2, 0.25) is 0 Å². The van der Waals surface area contributed by atoms with Crippen molar-refractivity contribution in [2.45, 2.75) is 12.3 Å². The van der Waals surface area contributed by atoms with Crippen LogP contribution >= 0.6 is 22.7 Å². The Morgan fingerprint density at radius 1 is 0.415 bits per heavy atom. The molecule has 1 nitrogen and oxygen atoms in total. The standard InChI is InChI=1S/C50H33NS2/c1-50(43-18-8-5-14-37(43)38-15-6-9-19-44(38)50)34-24-28-41-42-17-11-20-45(49(42)53-47(41)30-34)51(35-25-22-33(23-26-35)32-12-3-2-4-13-32)36-27-29-40-39-16-7-10-21-46(39)52-48(40)31-36/h2-31H,1H3. The molecule has 0 amide bonds. The van der Waals surface area contributed by atoms with E-state index in [0.29, 0.717) is 0 Å². The second kappa shape index (κ2) is 11.8. The normalized spacial score (nSPS) is 13.2. The summed E-state index contributed by atoms with van der Waals surface area (Å²) in [5.41, 5.74) is 12.5. The molecular formula is C50H33NS2. The molecule has 11 rings (SSSR count). The van der Waals surface area contributed by atoms with Gasteiger partial charge in [-0.2, -0.15) is 0 Å². The molecule has 2 heterocycles. The molecule has 1 aliphatic carbocycles. The highest BCUT2D eigenvalue weighted by molar-refractivity contribution is 7.26. The lowest BCUT2D eigenvalue weighted by molar-refractivity contribution is 0.715. The Bertz CT molecular complexity index is 2980. The van der Waals surface area contributed by atoms with Crippen LogP contribution < -0.4 is 4.90 Å². The lowest BCUT2D eigenvalue weighted by Crippen LogP contribution is -2.22. The summed E-state index contributed by atoms with van der Waals surface area (Å²) >= 11 is 3.78. The van der Waals surface area contributed by atoms with E-state index >= 15 is 0 Å². The first kappa shape index (κ1) is 30.6. The third-order valence-electron chi connectivity index (χ3n) is 11.4. The van der Waals surface area contributed by atoms with Crippen molar-refractivity contribution in [2.24, 2.45) is 0 Å². The van der Waals surface area contributed by atoms with E-state index in [0.717, 1.165) is 11.4 Å². The number of benzene rings is 8. The average Bonchev–Trinajstić information content (AvgIpc) is 3.87. The van der Waals surface area contributed by atoms with Gasteiger partial charge < -0.3 is 4.90 Å². The van der Waals surface area contributed by atoms with Crippen LogP contribution in [0.5, 0.6) is 0 Å². The number of anilines is 3. The van der Waals surface area contributed by atoms with E-state index in [1.54, 1.807) is 0 Å². The Kier molecular flexibility index (Phi) is 6.79. The minimum atomic E-state index is -0.230. The monoisotopic (exact) mass is 711 g/mol. The van der Waals surface area contributed by atoms with Gasteiger partial charge in [-0.3, -0.25) is 0 Å². The van der Waals surface area contributed by atoms with Crippen LogP contribution in [0.25, 0.3) is 62.6 Å². The first-order valence-corrected chi connectivity index (χ1v) is 19.8. The maximum atomic E-state index is 2.46. The Hall–Kier alpha value is -6.00. The fourth-order valence-electron chi connectivity index (χ4n) is 8.75. The Labute approximate surface area is 316 Å². The van der Waals surface area contributed by atoms with Gasteiger partial charge in [0, 0.05) is 52.4 Å². The molecule has 3 heteroatoms. The average molecular weight is 712 g/mol. The van der Waals surface area contributed by atoms with Crippen LogP contribution in [0.1, 0.15) is 23.6 Å². The highest BCUT2D eigenvalue weighted by Crippen LogP contribution is 2.53. The van der Waals surface area contributed by atoms with E-state index < -0.39 is 0 Å². The molecule has 10 aromatic rings. The third kappa shape index (κ3) is 4.61. The van der Waals surface area contributed by atoms with Gasteiger partial charge in [-0.15, -0.1) is 22.7 Å². The van der Waals surface area contributed by atoms with Crippen LogP contribution in [0.15, 0.2) is 182 Å². The van der Waals surface area contributed by atoms with Gasteiger partial charge in [-0.1, -0.05) is 140 Å². The minimum absolute atomic E-state index is 0.230. The lowest BCUT2D eigenvalue weighted by atomic mass is 9.74. The number of thiophene rings is 2. The van der Waals surface area contributed by atoms with Crippen LogP contribution in [0.3, 0.4) is 0 Å². The molecule has 0 N–H and O–H groups in total. The van der Waals surface area contributed by atoms with Crippen molar-refractivity contribution < 1.29 is 0 Å². The van der Waals surface area contributed by atoms with Gasteiger partial charge in [0.15, 0.2) is 0 Å². The van der Waals surface area contributed by atoms with E-state index in [1.165, 1.54) is 85.0 Å². The number of fused-ring (bicyclic) bond motifs is 9. The molecular weight excluding hydrogens is 679 g/mol. The summed E-state index contributed by atoms with van der Waals surface area (Å²) in [4.78, 5) is 2.46. The zero-order chi connectivity index (χ0) is 35.1. The number of nitrogens with zero attached hydrogens (tertiary/aromatic N) is 1. The molecule has 0 saturated carbocycles. The van der Waals surface area contributed by atoms with Crippen molar-refractivity contribution in [3.05, 3.63) is 199 Å². The van der Waals surface area contributed by atoms with E-state index in [-0.39, 0.29) is 5.41 Å². The molecule has 0 radical (unpaired) electrons. The van der Waals surface area contributed by atoms with Crippen LogP contribution in [0, 0.1) is 0 Å². The summed E-state index contributed by atoms with van der Waals surface area (Å²) in [6.07, 6.45) is 0. The molecule has 53 heavy (non-hydrogen) atoms. The van der Waals surface area contributed by atoms with Crippen molar-refractivity contribution >= 4 is 80.1 Å². The van der Waals surface area contributed by atoms with Crippen LogP contribution in [0.2, 0.25) is 0 Å². The maximum Gasteiger partial charge on any atom is 0.0640 e. The lowest BCUT2D eigenvalue weighted by Gasteiger charge is -2.28. The van der Waals surface area contributed by atoms with Gasteiger partial charge in [0.25, 0.3) is 0 Å². The number of rotatable bonds is 5. The summed E-state index contributed by atoms with van der Waals surface area (Å²) in [5, 5.41) is 5.23. The minimum Gasteiger partial charge on any atom is -0.309 e. The van der Waals surface area contributed by atoms with Gasteiger partial charge in [0.05, 0.1) is 10.4 Å². The summed E-state index contributed by atoms with van der Waals surface area (Å²) in [6.45, 7) is 2.41. The summed E-state index contributed by atoms with van der Waals surface area (Å²) in [7, 11) is 0. The molecule has 0 atom stereocenters. The van der Waals surface area contributed by atoms with E-state index in [4.69, 9.17) is 0 Å². The molecule has 0 bridgehead atoms. The van der Waals surface area contributed by atoms with E-state index in [1.807, 2.05) is 22.7 Å². The zero-order valence-corrected chi connectivity index (χ0v) is 30.7. The quantitative estimate of drug-likeness (QED) is 0.172. The third-order valence-corrected chi connectivity index (χ3v) is 13.7. The Morgan fingerprint density at radius 2 is 1.00 bits per heavy atom. The summed E-state index contributed by atoms with van der Waals surface area (Å²) < 4.78 is 5.23. The van der Waals surface area contributed by atoms with Crippen molar-refractivity contribution in [1.82, 2.24) is 0 Å². The van der Waals surface area contributed by atoms with Crippen molar-refractivity contribution in [1.29, 1.82) is 0 Å². The highest BCUT2D eigenvalue weighted by Gasteiger charge is 2.40. The smallest absolute Gasteiger partial charge is 0.0640 e. The van der Waals surface area contributed by atoms with Gasteiger partial charge in [-0.25, -0.2) is 0 Å². The van der Waals surface area contributed by atoms with Crippen LogP contribution in [-0.4, -0.2) is 0 Å². The molecule has 0 spiro atoms. The maximum absolute atomic E-state index is 2.46. The summed E-state index contributed by atoms with van der Waals surface area (Å²) in [5.74, 6) is 0. The zero-order valence-electron chi connectivity index (χ0n) is 29.1. The summed E-state index contributed by atoms with van der Waals surface area (Å²) in [6, 6.07) is 67.3. The first-order valence-electron chi connectivity index (χ1n) is 18.2. The van der Waals surface area contributed by atoms with Crippen LogP contribution in [-0.2, 0) is 5.41 Å². The second-order valence-electron chi connectivity index (χ2n) is 14.2. The van der Waals surface area contributed by atoms with E-state index in [9.17, 15) is 0 Å². The van der Waals surface area contributed by atoms with Crippen molar-refractivity contribution in [3.63, 3.8) is 0 Å². The molecule has 0 fully saturated rings. The predicted molar refractivity (Wildman–Crippen MR) is 230 cm³/mol.